The zero-order valence-electron chi connectivity index (χ0n) is 30.1. The molecule has 1 aromatic carbocycles. The van der Waals surface area contributed by atoms with Crippen molar-refractivity contribution in [3.05, 3.63) is 23.8 Å². The number of phenolic OH excluding ortho intramolecular Hbond substituents is 1. The van der Waals surface area contributed by atoms with Crippen LogP contribution in [-0.4, -0.2) is 78.9 Å². The molecule has 266 valence electrons. The minimum atomic E-state index is -0.331. The van der Waals surface area contributed by atoms with Crippen molar-refractivity contribution in [1.29, 1.82) is 0 Å². The molecule has 1 amide bonds. The number of rotatable bonds is 4. The predicted molar refractivity (Wildman–Crippen MR) is 183 cm³/mol. The van der Waals surface area contributed by atoms with Crippen LogP contribution in [0.25, 0.3) is 0 Å². The molecule has 8 nitrogen and oxygen atoms in total. The molecule has 4 saturated carbocycles. The molecule has 8 heteroatoms. The number of hydrogen-bond donors (Lipinski definition) is 1. The smallest absolute Gasteiger partial charge is 0.410 e. The van der Waals surface area contributed by atoms with Crippen molar-refractivity contribution in [1.82, 2.24) is 9.80 Å². The standard InChI is InChI=1S/C40H60N2O6/c1-25-10-15-40(46-24-25)26(2)36-35(48-40)22-32-30-8-7-28-21-29(11-13-38(28,3)31(30)12-14-39(32,36)4)47-37(44)42-18-16-41(17-19-42)23-27-6-9-33(43)34(20-27)45-5/h6,9,20,25-26,28-32,35-36,43H,7-8,10-19,21-24H2,1-5H3/t25-,26-,28+,29-,30+,31-,32-,35-,36-,38-,39-,40+/m0/s1. The van der Waals surface area contributed by atoms with E-state index in [9.17, 15) is 9.90 Å². The number of benzene rings is 1. The van der Waals surface area contributed by atoms with Gasteiger partial charge in [0.15, 0.2) is 17.3 Å². The fourth-order valence-corrected chi connectivity index (χ4v) is 12.7. The first-order valence-corrected chi connectivity index (χ1v) is 19.4. The van der Waals surface area contributed by atoms with Gasteiger partial charge in [0.2, 0.25) is 0 Å². The number of methoxy groups -OCH3 is 1. The lowest BCUT2D eigenvalue weighted by molar-refractivity contribution is -0.273. The Morgan fingerprint density at radius 3 is 2.50 bits per heavy atom. The second kappa shape index (κ2) is 12.3. The van der Waals surface area contributed by atoms with Gasteiger partial charge in [-0.2, -0.15) is 0 Å². The van der Waals surface area contributed by atoms with E-state index in [1.807, 2.05) is 17.0 Å². The number of ether oxygens (including phenoxy) is 4. The predicted octanol–water partition coefficient (Wildman–Crippen LogP) is 7.47. The molecule has 1 N–H and O–H groups in total. The quantitative estimate of drug-likeness (QED) is 0.358. The second-order valence-electron chi connectivity index (χ2n) is 17.7. The van der Waals surface area contributed by atoms with E-state index in [1.165, 1.54) is 44.9 Å². The van der Waals surface area contributed by atoms with Crippen molar-refractivity contribution in [2.24, 2.45) is 52.3 Å². The van der Waals surface area contributed by atoms with Crippen LogP contribution in [0.2, 0.25) is 0 Å². The van der Waals surface area contributed by atoms with Gasteiger partial charge in [-0.1, -0.05) is 33.8 Å². The summed E-state index contributed by atoms with van der Waals surface area (Å²) in [4.78, 5) is 17.6. The van der Waals surface area contributed by atoms with Gasteiger partial charge in [-0.15, -0.1) is 0 Å². The maximum Gasteiger partial charge on any atom is 0.410 e. The highest BCUT2D eigenvalue weighted by molar-refractivity contribution is 5.68. The molecule has 3 heterocycles. The Bertz CT molecular complexity index is 1350. The SMILES string of the molecule is COc1cc(CN2CCN(C(=O)O[C@H]3CC[C@@]4(C)[C@H](CC[C@@H]5[C@@H]4CC[C@]4(C)[C@@H]6[C@H](C[C@@H]54)O[C@]4(CC[C@H](C)CO4)[C@H]6C)C3)CC2)ccc1O. The van der Waals surface area contributed by atoms with Gasteiger partial charge in [-0.25, -0.2) is 4.79 Å². The van der Waals surface area contributed by atoms with Gasteiger partial charge in [0.25, 0.3) is 0 Å². The summed E-state index contributed by atoms with van der Waals surface area (Å²) in [6.45, 7) is 14.6. The number of fused-ring (bicyclic) bond motifs is 7. The van der Waals surface area contributed by atoms with Crippen molar-refractivity contribution in [3.63, 3.8) is 0 Å². The molecule has 0 unspecified atom stereocenters. The monoisotopic (exact) mass is 664 g/mol. The average molecular weight is 665 g/mol. The number of nitrogens with zero attached hydrogens (tertiary/aromatic N) is 2. The highest BCUT2D eigenvalue weighted by Gasteiger charge is 2.69. The molecule has 1 aromatic rings. The van der Waals surface area contributed by atoms with Gasteiger partial charge in [0.05, 0.1) is 19.8 Å². The Morgan fingerprint density at radius 2 is 1.75 bits per heavy atom. The van der Waals surface area contributed by atoms with E-state index in [0.717, 1.165) is 68.8 Å². The van der Waals surface area contributed by atoms with Crippen molar-refractivity contribution in [3.8, 4) is 11.5 Å². The summed E-state index contributed by atoms with van der Waals surface area (Å²) in [5.41, 5.74) is 1.81. The number of amides is 1. The fourth-order valence-electron chi connectivity index (χ4n) is 12.7. The number of carbonyl (C=O) groups is 1. The molecule has 7 aliphatic rings. The highest BCUT2D eigenvalue weighted by atomic mass is 16.7. The normalized spacial score (nSPS) is 45.6. The number of aromatic hydroxyl groups is 1. The second-order valence-corrected chi connectivity index (χ2v) is 17.7. The number of hydrogen-bond acceptors (Lipinski definition) is 7. The van der Waals surface area contributed by atoms with Gasteiger partial charge >= 0.3 is 6.09 Å². The zero-order valence-corrected chi connectivity index (χ0v) is 30.1. The third kappa shape index (κ3) is 5.37. The van der Waals surface area contributed by atoms with Crippen LogP contribution in [0.3, 0.4) is 0 Å². The minimum absolute atomic E-state index is 0.0398. The van der Waals surface area contributed by atoms with Crippen molar-refractivity contribution in [2.45, 2.75) is 116 Å². The van der Waals surface area contributed by atoms with Crippen LogP contribution in [0.1, 0.15) is 97.5 Å². The molecule has 8 rings (SSSR count). The third-order valence-corrected chi connectivity index (χ3v) is 15.4. The molecule has 0 aromatic heterocycles. The molecule has 48 heavy (non-hydrogen) atoms. The lowest BCUT2D eigenvalue weighted by atomic mass is 9.44. The molecular formula is C40H60N2O6. The fraction of sp³-hybridized carbons (Fsp3) is 0.825. The van der Waals surface area contributed by atoms with E-state index in [0.29, 0.717) is 59.4 Å². The van der Waals surface area contributed by atoms with E-state index >= 15 is 0 Å². The lowest BCUT2D eigenvalue weighted by Crippen LogP contribution is -2.55. The summed E-state index contributed by atoms with van der Waals surface area (Å²) in [5.74, 6) is 5.05. The number of phenols is 1. The molecule has 3 aliphatic heterocycles. The molecule has 12 atom stereocenters. The van der Waals surface area contributed by atoms with Gasteiger partial charge in [0.1, 0.15) is 6.10 Å². The molecule has 4 aliphatic carbocycles. The van der Waals surface area contributed by atoms with Crippen LogP contribution >= 0.6 is 0 Å². The maximum atomic E-state index is 13.4. The van der Waals surface area contributed by atoms with Crippen LogP contribution in [0.4, 0.5) is 4.79 Å². The molecule has 0 bridgehead atoms. The summed E-state index contributed by atoms with van der Waals surface area (Å²) in [6.07, 6.45) is 12.3. The van der Waals surface area contributed by atoms with Gasteiger partial charge in [-0.3, -0.25) is 4.90 Å². The average Bonchev–Trinajstić information content (AvgIpc) is 3.53. The summed E-state index contributed by atoms with van der Waals surface area (Å²) >= 11 is 0. The van der Waals surface area contributed by atoms with E-state index in [4.69, 9.17) is 18.9 Å². The van der Waals surface area contributed by atoms with Crippen LogP contribution in [0.5, 0.6) is 11.5 Å². The Hall–Kier alpha value is -2.03. The maximum absolute atomic E-state index is 13.4. The van der Waals surface area contributed by atoms with Crippen molar-refractivity contribution >= 4 is 6.09 Å². The topological polar surface area (TPSA) is 80.7 Å². The first kappa shape index (κ1) is 33.1. The molecule has 3 saturated heterocycles. The van der Waals surface area contributed by atoms with Crippen LogP contribution in [-0.2, 0) is 20.8 Å². The first-order chi connectivity index (χ1) is 23.0. The number of piperazine rings is 1. The Morgan fingerprint density at radius 1 is 0.958 bits per heavy atom. The highest BCUT2D eigenvalue weighted by Crippen LogP contribution is 2.71. The van der Waals surface area contributed by atoms with Gasteiger partial charge < -0.3 is 29.0 Å². The van der Waals surface area contributed by atoms with E-state index in [2.05, 4.69) is 32.6 Å². The molecular weight excluding hydrogens is 604 g/mol. The lowest BCUT2D eigenvalue weighted by Gasteiger charge is -2.61. The van der Waals surface area contributed by atoms with Crippen LogP contribution < -0.4 is 4.74 Å². The molecule has 1 spiro atoms. The summed E-state index contributed by atoms with van der Waals surface area (Å²) in [6, 6.07) is 5.51. The van der Waals surface area contributed by atoms with Crippen LogP contribution in [0, 0.1) is 52.3 Å². The minimum Gasteiger partial charge on any atom is -0.504 e. The van der Waals surface area contributed by atoms with Crippen molar-refractivity contribution in [2.75, 3.05) is 39.9 Å². The Balaban J connectivity index is 0.850. The third-order valence-electron chi connectivity index (χ3n) is 15.4. The summed E-state index contributed by atoms with van der Waals surface area (Å²) in [7, 11) is 1.57. The number of carbonyl (C=O) groups excluding carboxylic acids is 1. The zero-order chi connectivity index (χ0) is 33.4. The summed E-state index contributed by atoms with van der Waals surface area (Å²) in [5, 5.41) is 9.92. The largest absolute Gasteiger partial charge is 0.504 e. The Labute approximate surface area is 288 Å². The Kier molecular flexibility index (Phi) is 8.51. The molecule has 7 fully saturated rings. The van der Waals surface area contributed by atoms with E-state index in [1.54, 1.807) is 13.2 Å². The summed E-state index contributed by atoms with van der Waals surface area (Å²) < 4.78 is 25.1. The van der Waals surface area contributed by atoms with Crippen LogP contribution in [0.15, 0.2) is 18.2 Å². The molecule has 0 radical (unpaired) electrons. The van der Waals surface area contributed by atoms with Gasteiger partial charge in [0, 0.05) is 45.1 Å². The van der Waals surface area contributed by atoms with Crippen molar-refractivity contribution < 1.29 is 28.8 Å². The first-order valence-electron chi connectivity index (χ1n) is 19.4. The van der Waals surface area contributed by atoms with Gasteiger partial charge in [-0.05, 0) is 122 Å². The van der Waals surface area contributed by atoms with E-state index < -0.39 is 0 Å². The van der Waals surface area contributed by atoms with E-state index in [-0.39, 0.29) is 23.7 Å².